The SMILES string of the molecule is COc1cc(-c2onc(N3CC[C@@H]4CCCC[C@@H]4C3)c2C(=O)O)ccc1F. The van der Waals surface area contributed by atoms with Crippen LogP contribution in [0.1, 0.15) is 42.5 Å². The van der Waals surface area contributed by atoms with Gasteiger partial charge in [-0.25, -0.2) is 9.18 Å². The second-order valence-electron chi connectivity index (χ2n) is 7.40. The molecular formula is C20H23FN2O4. The second-order valence-corrected chi connectivity index (χ2v) is 7.40. The van der Waals surface area contributed by atoms with E-state index in [2.05, 4.69) is 5.16 Å². The Balaban J connectivity index is 1.68. The number of halogens is 1. The zero-order valence-electron chi connectivity index (χ0n) is 15.3. The van der Waals surface area contributed by atoms with Gasteiger partial charge in [-0.1, -0.05) is 24.4 Å². The highest BCUT2D eigenvalue weighted by Crippen LogP contribution is 2.40. The van der Waals surface area contributed by atoms with Gasteiger partial charge in [0.05, 0.1) is 7.11 Å². The van der Waals surface area contributed by atoms with Gasteiger partial charge in [0.15, 0.2) is 28.7 Å². The van der Waals surface area contributed by atoms with E-state index in [0.717, 1.165) is 25.4 Å². The van der Waals surface area contributed by atoms with Crippen LogP contribution in [-0.2, 0) is 0 Å². The van der Waals surface area contributed by atoms with E-state index >= 15 is 0 Å². The molecule has 2 aromatic rings. The number of hydrogen-bond acceptors (Lipinski definition) is 5. The molecule has 27 heavy (non-hydrogen) atoms. The Hall–Kier alpha value is -2.57. The van der Waals surface area contributed by atoms with Gasteiger partial charge >= 0.3 is 5.97 Å². The van der Waals surface area contributed by atoms with Crippen molar-refractivity contribution in [3.63, 3.8) is 0 Å². The Morgan fingerprint density at radius 1 is 1.30 bits per heavy atom. The van der Waals surface area contributed by atoms with Crippen LogP contribution in [0.4, 0.5) is 10.2 Å². The van der Waals surface area contributed by atoms with Gasteiger partial charge in [0, 0.05) is 18.7 Å². The number of methoxy groups -OCH3 is 1. The summed E-state index contributed by atoms with van der Waals surface area (Å²) in [6.07, 6.45) is 6.03. The maximum atomic E-state index is 13.7. The van der Waals surface area contributed by atoms with Gasteiger partial charge in [0.1, 0.15) is 0 Å². The molecule has 0 radical (unpaired) electrons. The molecule has 7 heteroatoms. The van der Waals surface area contributed by atoms with Crippen LogP contribution in [0.2, 0.25) is 0 Å². The number of hydrogen-bond donors (Lipinski definition) is 1. The van der Waals surface area contributed by atoms with E-state index in [0.29, 0.717) is 17.3 Å². The highest BCUT2D eigenvalue weighted by atomic mass is 19.1. The number of benzene rings is 1. The summed E-state index contributed by atoms with van der Waals surface area (Å²) in [6.45, 7) is 1.59. The number of rotatable bonds is 4. The molecule has 2 fully saturated rings. The van der Waals surface area contributed by atoms with Crippen molar-refractivity contribution < 1.29 is 23.6 Å². The molecule has 1 N–H and O–H groups in total. The number of ether oxygens (including phenoxy) is 1. The molecule has 0 spiro atoms. The first-order chi connectivity index (χ1) is 13.1. The molecule has 6 nitrogen and oxygen atoms in total. The van der Waals surface area contributed by atoms with Gasteiger partial charge in [-0.2, -0.15) is 0 Å². The fraction of sp³-hybridized carbons (Fsp3) is 0.500. The van der Waals surface area contributed by atoms with Crippen molar-refractivity contribution in [1.29, 1.82) is 0 Å². The van der Waals surface area contributed by atoms with Gasteiger partial charge in [-0.05, 0) is 42.9 Å². The summed E-state index contributed by atoms with van der Waals surface area (Å²) < 4.78 is 24.1. The first-order valence-corrected chi connectivity index (χ1v) is 9.40. The number of anilines is 1. The summed E-state index contributed by atoms with van der Waals surface area (Å²) >= 11 is 0. The minimum Gasteiger partial charge on any atom is -0.494 e. The van der Waals surface area contributed by atoms with E-state index in [4.69, 9.17) is 9.26 Å². The number of aromatic carboxylic acids is 1. The molecule has 1 aliphatic carbocycles. The van der Waals surface area contributed by atoms with Crippen LogP contribution < -0.4 is 9.64 Å². The van der Waals surface area contributed by atoms with Gasteiger partial charge in [0.2, 0.25) is 0 Å². The van der Waals surface area contributed by atoms with Crippen molar-refractivity contribution in [2.75, 3.05) is 25.1 Å². The van der Waals surface area contributed by atoms with Crippen LogP contribution in [0.5, 0.6) is 5.75 Å². The average Bonchev–Trinajstić information content (AvgIpc) is 3.13. The van der Waals surface area contributed by atoms with Crippen molar-refractivity contribution in [3.05, 3.63) is 29.6 Å². The van der Waals surface area contributed by atoms with Crippen molar-refractivity contribution >= 4 is 11.8 Å². The summed E-state index contributed by atoms with van der Waals surface area (Å²) in [5, 5.41) is 13.9. The molecule has 0 bridgehead atoms. The van der Waals surface area contributed by atoms with Crippen molar-refractivity contribution in [2.24, 2.45) is 11.8 Å². The fourth-order valence-electron chi connectivity index (χ4n) is 4.48. The molecule has 0 unspecified atom stereocenters. The van der Waals surface area contributed by atoms with Crippen LogP contribution in [0, 0.1) is 17.7 Å². The Kier molecular flexibility index (Phi) is 4.76. The largest absolute Gasteiger partial charge is 0.494 e. The van der Waals surface area contributed by atoms with E-state index in [1.807, 2.05) is 4.90 Å². The number of carboxylic acids is 1. The fourth-order valence-corrected chi connectivity index (χ4v) is 4.48. The highest BCUT2D eigenvalue weighted by molar-refractivity contribution is 5.99. The third-order valence-corrected chi connectivity index (χ3v) is 5.89. The Labute approximate surface area is 156 Å². The zero-order chi connectivity index (χ0) is 19.0. The quantitative estimate of drug-likeness (QED) is 0.864. The van der Waals surface area contributed by atoms with Gasteiger partial charge in [0.25, 0.3) is 0 Å². The summed E-state index contributed by atoms with van der Waals surface area (Å²) in [4.78, 5) is 14.0. The Morgan fingerprint density at radius 2 is 2.07 bits per heavy atom. The Morgan fingerprint density at radius 3 is 2.81 bits per heavy atom. The number of carboxylic acid groups (broad SMARTS) is 1. The second kappa shape index (κ2) is 7.21. The van der Waals surface area contributed by atoms with E-state index in [1.54, 1.807) is 0 Å². The molecule has 1 saturated carbocycles. The van der Waals surface area contributed by atoms with E-state index in [1.165, 1.54) is 51.0 Å². The number of aromatic nitrogens is 1. The smallest absolute Gasteiger partial charge is 0.343 e. The summed E-state index contributed by atoms with van der Waals surface area (Å²) in [7, 11) is 1.36. The average molecular weight is 374 g/mol. The molecule has 2 heterocycles. The van der Waals surface area contributed by atoms with Crippen molar-refractivity contribution in [2.45, 2.75) is 32.1 Å². The molecule has 1 saturated heterocycles. The molecule has 4 rings (SSSR count). The molecule has 2 atom stereocenters. The van der Waals surface area contributed by atoms with Crippen LogP contribution >= 0.6 is 0 Å². The van der Waals surface area contributed by atoms with Gasteiger partial charge < -0.3 is 19.3 Å². The molecule has 1 aliphatic heterocycles. The van der Waals surface area contributed by atoms with E-state index in [-0.39, 0.29) is 17.1 Å². The molecular weight excluding hydrogens is 351 g/mol. The lowest BCUT2D eigenvalue weighted by Gasteiger charge is -2.41. The minimum atomic E-state index is -1.10. The normalized spacial score (nSPS) is 22.4. The lowest BCUT2D eigenvalue weighted by molar-refractivity contribution is 0.0697. The predicted molar refractivity (Wildman–Crippen MR) is 97.7 cm³/mol. The van der Waals surface area contributed by atoms with Crippen LogP contribution in [0.15, 0.2) is 22.7 Å². The first-order valence-electron chi connectivity index (χ1n) is 9.40. The minimum absolute atomic E-state index is 0.0259. The topological polar surface area (TPSA) is 75.8 Å². The summed E-state index contributed by atoms with van der Waals surface area (Å²) in [5.41, 5.74) is 0.454. The number of fused-ring (bicyclic) bond motifs is 1. The number of piperidine rings is 1. The van der Waals surface area contributed by atoms with Gasteiger partial charge in [-0.3, -0.25) is 0 Å². The predicted octanol–water partition coefficient (Wildman–Crippen LogP) is 4.20. The van der Waals surface area contributed by atoms with Gasteiger partial charge in [-0.15, -0.1) is 0 Å². The van der Waals surface area contributed by atoms with E-state index < -0.39 is 11.8 Å². The summed E-state index contributed by atoms with van der Waals surface area (Å²) in [6, 6.07) is 4.14. The third-order valence-electron chi connectivity index (χ3n) is 5.89. The molecule has 0 amide bonds. The lowest BCUT2D eigenvalue weighted by Crippen LogP contribution is -2.42. The van der Waals surface area contributed by atoms with Crippen LogP contribution in [0.3, 0.4) is 0 Å². The van der Waals surface area contributed by atoms with Crippen LogP contribution in [0.25, 0.3) is 11.3 Å². The molecule has 2 aliphatic rings. The third kappa shape index (κ3) is 3.26. The van der Waals surface area contributed by atoms with Crippen LogP contribution in [-0.4, -0.2) is 36.4 Å². The number of nitrogens with zero attached hydrogens (tertiary/aromatic N) is 2. The van der Waals surface area contributed by atoms with Crippen molar-refractivity contribution in [1.82, 2.24) is 5.16 Å². The molecule has 1 aromatic heterocycles. The Bertz CT molecular complexity index is 851. The summed E-state index contributed by atoms with van der Waals surface area (Å²) in [5.74, 6) is 0.222. The number of carbonyl (C=O) groups is 1. The standard InChI is InChI=1S/C20H23FN2O4/c1-26-16-10-13(6-7-15(16)21)18-17(20(24)25)19(22-27-18)23-9-8-12-4-2-3-5-14(12)11-23/h6-7,10,12,14H,2-5,8-9,11H2,1H3,(H,24,25)/t12-,14+/m0/s1. The highest BCUT2D eigenvalue weighted by Gasteiger charge is 2.35. The zero-order valence-corrected chi connectivity index (χ0v) is 15.3. The lowest BCUT2D eigenvalue weighted by atomic mass is 9.75. The maximum Gasteiger partial charge on any atom is 0.343 e. The van der Waals surface area contributed by atoms with E-state index in [9.17, 15) is 14.3 Å². The van der Waals surface area contributed by atoms with Crippen molar-refractivity contribution in [3.8, 4) is 17.1 Å². The monoisotopic (exact) mass is 374 g/mol. The molecule has 144 valence electrons. The first kappa shape index (κ1) is 17.8. The molecule has 1 aromatic carbocycles. The maximum absolute atomic E-state index is 13.7.